The molecule has 0 aromatic heterocycles. The molecule has 0 aliphatic heterocycles. The van der Waals surface area contributed by atoms with E-state index >= 15 is 0 Å². The van der Waals surface area contributed by atoms with Crippen LogP contribution in [0.1, 0.15) is 20.3 Å². The molecule has 0 radical (unpaired) electrons. The van der Waals surface area contributed by atoms with Crippen LogP contribution < -0.4 is 5.19 Å². The summed E-state index contributed by atoms with van der Waals surface area (Å²) in [6, 6.07) is 10.8. The van der Waals surface area contributed by atoms with Crippen molar-refractivity contribution in [2.75, 3.05) is 0 Å². The Morgan fingerprint density at radius 3 is 2.00 bits per heavy atom. The minimum atomic E-state index is -0.267. The fraction of sp³-hybridized carbons (Fsp3) is 0.188. The second kappa shape index (κ2) is 10.5. The Morgan fingerprint density at radius 1 is 1.00 bits per heavy atom. The molecule has 102 valence electrons. The van der Waals surface area contributed by atoms with Gasteiger partial charge in [-0.15, -0.1) is 13.3 Å². The second-order valence-electron chi connectivity index (χ2n) is 3.90. The molecular formula is C16H24PtSi. The smallest absolute Gasteiger partial charge is 0.358 e. The average Bonchev–Trinajstić information content (AvgIpc) is 2.52. The number of hydrogen-bond donors (Lipinski definition) is 0. The molecule has 0 amide bonds. The molecular weight excluding hydrogens is 415 g/mol. The molecule has 0 spiro atoms. The van der Waals surface area contributed by atoms with E-state index in [0.29, 0.717) is 0 Å². The summed E-state index contributed by atoms with van der Waals surface area (Å²) in [6.45, 7) is 4.45. The largest absolute Gasteiger partial charge is 4.00 e. The number of rotatable bonds is 2. The van der Waals surface area contributed by atoms with Gasteiger partial charge in [0.05, 0.1) is 0 Å². The van der Waals surface area contributed by atoms with Gasteiger partial charge in [-0.1, -0.05) is 42.4 Å². The van der Waals surface area contributed by atoms with Crippen molar-refractivity contribution < 1.29 is 21.1 Å². The van der Waals surface area contributed by atoms with Crippen LogP contribution >= 0.6 is 0 Å². The third kappa shape index (κ3) is 5.50. The van der Waals surface area contributed by atoms with E-state index in [2.05, 4.69) is 50.3 Å². The first-order chi connectivity index (χ1) is 6.77. The molecule has 1 aromatic carbocycles. The Hall–Kier alpha value is -0.395. The minimum absolute atomic E-state index is 0. The maximum absolute atomic E-state index is 3.51. The van der Waals surface area contributed by atoms with Crippen LogP contribution in [0.4, 0.5) is 0 Å². The Balaban J connectivity index is -0.000000562. The van der Waals surface area contributed by atoms with E-state index < -0.39 is 0 Å². The van der Waals surface area contributed by atoms with Gasteiger partial charge in [0.15, 0.2) is 0 Å². The van der Waals surface area contributed by atoms with Crippen molar-refractivity contribution in [2.24, 2.45) is 0 Å². The normalized spacial score (nSPS) is 13.1. The van der Waals surface area contributed by atoms with Crippen LogP contribution in [0.5, 0.6) is 0 Å². The molecule has 0 nitrogen and oxygen atoms in total. The fourth-order valence-corrected chi connectivity index (χ4v) is 3.49. The molecule has 1 aliphatic carbocycles. The zero-order chi connectivity index (χ0) is 9.97. The summed E-state index contributed by atoms with van der Waals surface area (Å²) in [5.74, 6) is 0. The summed E-state index contributed by atoms with van der Waals surface area (Å²) in [5.41, 5.74) is 3.00. The van der Waals surface area contributed by atoms with Crippen molar-refractivity contribution in [1.29, 1.82) is 0 Å². The maximum Gasteiger partial charge on any atom is 4.00 e. The number of hydrogen-bond acceptors (Lipinski definition) is 0. The molecule has 2 heteroatoms. The first-order valence-corrected chi connectivity index (χ1v) is 6.49. The predicted molar refractivity (Wildman–Crippen MR) is 83.6 cm³/mol. The van der Waals surface area contributed by atoms with E-state index in [4.69, 9.17) is 0 Å². The molecule has 1 aliphatic rings. The Morgan fingerprint density at radius 2 is 1.56 bits per heavy atom. The molecule has 0 atom stereocenters. The molecule has 0 unspecified atom stereocenters. The summed E-state index contributed by atoms with van der Waals surface area (Å²) in [6.07, 6.45) is 4.57. The zero-order valence-corrected chi connectivity index (χ0v) is 15.8. The quantitative estimate of drug-likeness (QED) is 0.490. The van der Waals surface area contributed by atoms with E-state index in [-0.39, 0.29) is 52.9 Å². The van der Waals surface area contributed by atoms with Gasteiger partial charge in [0, 0.05) is 9.52 Å². The molecule has 18 heavy (non-hydrogen) atoms. The Bertz CT molecular complexity index is 391. The third-order valence-corrected chi connectivity index (χ3v) is 4.90. The van der Waals surface area contributed by atoms with Crippen LogP contribution in [-0.2, 0) is 21.1 Å². The van der Waals surface area contributed by atoms with E-state index in [1.165, 1.54) is 21.5 Å². The molecule has 0 fully saturated rings. The van der Waals surface area contributed by atoms with Crippen LogP contribution in [0.15, 0.2) is 46.7 Å². The molecule has 0 bridgehead atoms. The van der Waals surface area contributed by atoms with Gasteiger partial charge in [0.2, 0.25) is 0 Å². The SMILES string of the molecule is CC1=C(C)C([SiH2]c2ccccc2)=[C-]C1.[CH3-].[CH3-].[CH3-].[Pt+4]. The summed E-state index contributed by atoms with van der Waals surface area (Å²) in [4.78, 5) is 0. The van der Waals surface area contributed by atoms with Gasteiger partial charge < -0.3 is 22.3 Å². The second-order valence-corrected chi connectivity index (χ2v) is 5.78. The first-order valence-electron chi connectivity index (χ1n) is 5.07. The summed E-state index contributed by atoms with van der Waals surface area (Å²) in [5, 5.41) is 3.04. The van der Waals surface area contributed by atoms with E-state index in [1.807, 2.05) is 0 Å². The van der Waals surface area contributed by atoms with E-state index in [9.17, 15) is 0 Å². The summed E-state index contributed by atoms with van der Waals surface area (Å²) >= 11 is 0. The van der Waals surface area contributed by atoms with Gasteiger partial charge in [-0.3, -0.25) is 6.08 Å². The minimum Gasteiger partial charge on any atom is -0.358 e. The van der Waals surface area contributed by atoms with Crippen molar-refractivity contribution >= 4 is 14.7 Å². The first kappa shape index (κ1) is 22.8. The van der Waals surface area contributed by atoms with Crippen molar-refractivity contribution in [3.8, 4) is 0 Å². The molecule has 0 heterocycles. The molecule has 0 N–H and O–H groups in total. The number of benzene rings is 1. The van der Waals surface area contributed by atoms with Crippen LogP contribution in [0.25, 0.3) is 0 Å². The Labute approximate surface area is 131 Å². The van der Waals surface area contributed by atoms with Gasteiger partial charge >= 0.3 is 21.1 Å². The topological polar surface area (TPSA) is 0 Å². The van der Waals surface area contributed by atoms with Crippen molar-refractivity contribution in [3.63, 3.8) is 0 Å². The third-order valence-electron chi connectivity index (χ3n) is 2.88. The average molecular weight is 440 g/mol. The molecule has 1 aromatic rings. The van der Waals surface area contributed by atoms with Crippen LogP contribution in [0, 0.1) is 28.4 Å². The van der Waals surface area contributed by atoms with Gasteiger partial charge in [0.25, 0.3) is 0 Å². The fourth-order valence-electron chi connectivity index (χ4n) is 1.76. The number of allylic oxidation sites excluding steroid dienone is 4. The van der Waals surface area contributed by atoms with Gasteiger partial charge in [0.1, 0.15) is 0 Å². The molecule has 0 saturated heterocycles. The van der Waals surface area contributed by atoms with Crippen LogP contribution in [0.2, 0.25) is 0 Å². The zero-order valence-electron chi connectivity index (χ0n) is 12.1. The van der Waals surface area contributed by atoms with Crippen LogP contribution in [0.3, 0.4) is 0 Å². The van der Waals surface area contributed by atoms with E-state index in [0.717, 1.165) is 6.42 Å². The van der Waals surface area contributed by atoms with Gasteiger partial charge in [-0.05, 0) is 0 Å². The maximum atomic E-state index is 3.51. The van der Waals surface area contributed by atoms with Crippen molar-refractivity contribution in [3.05, 3.63) is 75.0 Å². The monoisotopic (exact) mass is 439 g/mol. The van der Waals surface area contributed by atoms with Gasteiger partial charge in [-0.2, -0.15) is 5.57 Å². The van der Waals surface area contributed by atoms with Crippen molar-refractivity contribution in [2.45, 2.75) is 20.3 Å². The summed E-state index contributed by atoms with van der Waals surface area (Å²) in [7, 11) is -0.267. The van der Waals surface area contributed by atoms with Gasteiger partial charge in [-0.25, -0.2) is 10.8 Å². The summed E-state index contributed by atoms with van der Waals surface area (Å²) < 4.78 is 0. The predicted octanol–water partition coefficient (Wildman–Crippen LogP) is 3.26. The standard InChI is InChI=1S/C13H15Si.3CH3.Pt/c1-10-8-9-13(11(10)2)14-12-6-4-3-5-7-12;;;;/h3-7H,8,14H2,1-2H3;3*1H3;/q4*-1;+4. The van der Waals surface area contributed by atoms with Crippen LogP contribution in [-0.4, -0.2) is 9.52 Å². The molecule has 2 rings (SSSR count). The Kier molecular flexibility index (Phi) is 13.3. The van der Waals surface area contributed by atoms with Crippen molar-refractivity contribution in [1.82, 2.24) is 0 Å². The molecule has 0 saturated carbocycles. The van der Waals surface area contributed by atoms with E-state index in [1.54, 1.807) is 0 Å².